The number of hydrogen-bond donors (Lipinski definition) is 1. The first-order valence-corrected chi connectivity index (χ1v) is 8.67. The highest BCUT2D eigenvalue weighted by atomic mass is 16.2. The molecule has 1 aliphatic rings. The van der Waals surface area contributed by atoms with Crippen molar-refractivity contribution < 1.29 is 9.59 Å². The van der Waals surface area contributed by atoms with Crippen molar-refractivity contribution in [1.29, 1.82) is 0 Å². The molecule has 1 aromatic carbocycles. The molecule has 2 aromatic rings. The lowest BCUT2D eigenvalue weighted by molar-refractivity contribution is 0.102. The molecule has 1 aliphatic heterocycles. The molecule has 2 heterocycles. The normalized spacial score (nSPS) is 13.2. The van der Waals surface area contributed by atoms with Crippen molar-refractivity contribution >= 4 is 17.6 Å². The van der Waals surface area contributed by atoms with E-state index in [0.29, 0.717) is 25.1 Å². The standard InChI is InChI=1S/C20H24N4O2/c1-13-5-6-18(14(2)9-13)22-19(25)17-11-21-10-15-12-24(8-7-16(15)17)20(26)23(3)4/h5-6,9-11H,7-8,12H2,1-4H3,(H,22,25). The second kappa shape index (κ2) is 7.15. The van der Waals surface area contributed by atoms with Gasteiger partial charge in [-0.2, -0.15) is 0 Å². The number of aromatic nitrogens is 1. The van der Waals surface area contributed by atoms with E-state index < -0.39 is 0 Å². The summed E-state index contributed by atoms with van der Waals surface area (Å²) in [4.78, 5) is 32.6. The number of carbonyl (C=O) groups is 2. The van der Waals surface area contributed by atoms with Gasteiger partial charge < -0.3 is 15.1 Å². The van der Waals surface area contributed by atoms with E-state index in [-0.39, 0.29) is 11.9 Å². The molecular formula is C20H24N4O2. The van der Waals surface area contributed by atoms with Gasteiger partial charge in [0.2, 0.25) is 0 Å². The van der Waals surface area contributed by atoms with Crippen molar-refractivity contribution in [2.45, 2.75) is 26.8 Å². The molecule has 0 atom stereocenters. The van der Waals surface area contributed by atoms with Gasteiger partial charge in [0.15, 0.2) is 0 Å². The van der Waals surface area contributed by atoms with Crippen LogP contribution in [0.5, 0.6) is 0 Å². The first-order chi connectivity index (χ1) is 12.4. The van der Waals surface area contributed by atoms with Gasteiger partial charge in [0, 0.05) is 45.3 Å². The number of hydrogen-bond acceptors (Lipinski definition) is 3. The van der Waals surface area contributed by atoms with Gasteiger partial charge in [-0.3, -0.25) is 9.78 Å². The van der Waals surface area contributed by atoms with Crippen molar-refractivity contribution in [2.24, 2.45) is 0 Å². The molecule has 0 spiro atoms. The first kappa shape index (κ1) is 17.9. The Bertz CT molecular complexity index is 861. The molecule has 1 aromatic heterocycles. The number of amides is 3. The average Bonchev–Trinajstić information content (AvgIpc) is 2.62. The Morgan fingerprint density at radius 2 is 1.96 bits per heavy atom. The zero-order valence-corrected chi connectivity index (χ0v) is 15.7. The maximum absolute atomic E-state index is 12.8. The molecule has 0 radical (unpaired) electrons. The van der Waals surface area contributed by atoms with Crippen LogP contribution in [-0.4, -0.2) is 47.4 Å². The first-order valence-electron chi connectivity index (χ1n) is 8.67. The predicted octanol–water partition coefficient (Wildman–Crippen LogP) is 2.99. The van der Waals surface area contributed by atoms with Crippen molar-refractivity contribution in [3.63, 3.8) is 0 Å². The SMILES string of the molecule is Cc1ccc(NC(=O)c2cncc3c2CCN(C(=O)N(C)C)C3)c(C)c1. The topological polar surface area (TPSA) is 65.5 Å². The van der Waals surface area contributed by atoms with Crippen LogP contribution in [0, 0.1) is 13.8 Å². The van der Waals surface area contributed by atoms with Crippen LogP contribution in [0.4, 0.5) is 10.5 Å². The number of anilines is 1. The Balaban J connectivity index is 1.83. The van der Waals surface area contributed by atoms with Gasteiger partial charge in [0.05, 0.1) is 5.56 Å². The van der Waals surface area contributed by atoms with Gasteiger partial charge in [-0.1, -0.05) is 17.7 Å². The van der Waals surface area contributed by atoms with E-state index in [0.717, 1.165) is 27.9 Å². The number of pyridine rings is 1. The van der Waals surface area contributed by atoms with Crippen LogP contribution in [-0.2, 0) is 13.0 Å². The highest BCUT2D eigenvalue weighted by Crippen LogP contribution is 2.24. The second-order valence-electron chi connectivity index (χ2n) is 6.95. The summed E-state index contributed by atoms with van der Waals surface area (Å²) in [6.45, 7) is 5.07. The number of carbonyl (C=O) groups excluding carboxylic acids is 2. The van der Waals surface area contributed by atoms with Crippen LogP contribution in [0.25, 0.3) is 0 Å². The van der Waals surface area contributed by atoms with E-state index >= 15 is 0 Å². The summed E-state index contributed by atoms with van der Waals surface area (Å²) in [5, 5.41) is 2.99. The fourth-order valence-electron chi connectivity index (χ4n) is 3.28. The van der Waals surface area contributed by atoms with Gasteiger partial charge in [-0.15, -0.1) is 0 Å². The van der Waals surface area contributed by atoms with E-state index in [4.69, 9.17) is 0 Å². The summed E-state index contributed by atoms with van der Waals surface area (Å²) >= 11 is 0. The fraction of sp³-hybridized carbons (Fsp3) is 0.350. The third-order valence-corrected chi connectivity index (χ3v) is 4.67. The maximum atomic E-state index is 12.8. The van der Waals surface area contributed by atoms with Gasteiger partial charge in [-0.05, 0) is 43.0 Å². The summed E-state index contributed by atoms with van der Waals surface area (Å²) in [7, 11) is 3.48. The van der Waals surface area contributed by atoms with Crippen LogP contribution in [0.2, 0.25) is 0 Å². The number of fused-ring (bicyclic) bond motifs is 1. The molecule has 0 unspecified atom stereocenters. The van der Waals surface area contributed by atoms with Gasteiger partial charge >= 0.3 is 6.03 Å². The van der Waals surface area contributed by atoms with Crippen LogP contribution in [0.3, 0.4) is 0 Å². The van der Waals surface area contributed by atoms with Crippen LogP contribution >= 0.6 is 0 Å². The van der Waals surface area contributed by atoms with E-state index in [9.17, 15) is 9.59 Å². The van der Waals surface area contributed by atoms with E-state index in [2.05, 4.69) is 10.3 Å². The molecule has 0 saturated heterocycles. The smallest absolute Gasteiger partial charge is 0.319 e. The van der Waals surface area contributed by atoms with Gasteiger partial charge in [0.25, 0.3) is 5.91 Å². The lowest BCUT2D eigenvalue weighted by Gasteiger charge is -2.31. The summed E-state index contributed by atoms with van der Waals surface area (Å²) in [5.41, 5.74) is 5.48. The molecule has 1 N–H and O–H groups in total. The van der Waals surface area contributed by atoms with Crippen LogP contribution in [0.1, 0.15) is 32.6 Å². The summed E-state index contributed by atoms with van der Waals surface area (Å²) in [6.07, 6.45) is 4.01. The number of nitrogens with zero attached hydrogens (tertiary/aromatic N) is 3. The highest BCUT2D eigenvalue weighted by Gasteiger charge is 2.25. The second-order valence-corrected chi connectivity index (χ2v) is 6.95. The Hall–Kier alpha value is -2.89. The lowest BCUT2D eigenvalue weighted by Crippen LogP contribution is -2.42. The van der Waals surface area contributed by atoms with Crippen molar-refractivity contribution in [3.05, 3.63) is 58.4 Å². The average molecular weight is 352 g/mol. The molecular weight excluding hydrogens is 328 g/mol. The van der Waals surface area contributed by atoms with Crippen LogP contribution < -0.4 is 5.32 Å². The number of nitrogens with one attached hydrogen (secondary N) is 1. The minimum absolute atomic E-state index is 0.0271. The molecule has 0 saturated carbocycles. The third-order valence-electron chi connectivity index (χ3n) is 4.67. The predicted molar refractivity (Wildman–Crippen MR) is 101 cm³/mol. The third kappa shape index (κ3) is 3.54. The summed E-state index contributed by atoms with van der Waals surface area (Å²) in [6, 6.07) is 5.91. The quantitative estimate of drug-likeness (QED) is 0.904. The Morgan fingerprint density at radius 1 is 1.19 bits per heavy atom. The molecule has 26 heavy (non-hydrogen) atoms. The molecule has 3 amide bonds. The molecule has 0 bridgehead atoms. The van der Waals surface area contributed by atoms with Crippen LogP contribution in [0.15, 0.2) is 30.6 Å². The number of aryl methyl sites for hydroxylation is 2. The Morgan fingerprint density at radius 3 is 2.65 bits per heavy atom. The monoisotopic (exact) mass is 352 g/mol. The molecule has 3 rings (SSSR count). The number of urea groups is 1. The van der Waals surface area contributed by atoms with E-state index in [1.54, 1.807) is 36.3 Å². The largest absolute Gasteiger partial charge is 0.331 e. The van der Waals surface area contributed by atoms with Crippen molar-refractivity contribution in [1.82, 2.24) is 14.8 Å². The van der Waals surface area contributed by atoms with Crippen molar-refractivity contribution in [3.8, 4) is 0 Å². The lowest BCUT2D eigenvalue weighted by atomic mass is 9.96. The number of benzene rings is 1. The number of rotatable bonds is 2. The zero-order chi connectivity index (χ0) is 18.8. The van der Waals surface area contributed by atoms with Gasteiger partial charge in [0.1, 0.15) is 0 Å². The maximum Gasteiger partial charge on any atom is 0.319 e. The minimum Gasteiger partial charge on any atom is -0.331 e. The van der Waals surface area contributed by atoms with Gasteiger partial charge in [-0.25, -0.2) is 4.79 Å². The summed E-state index contributed by atoms with van der Waals surface area (Å²) < 4.78 is 0. The molecule has 0 aliphatic carbocycles. The van der Waals surface area contributed by atoms with Crippen molar-refractivity contribution in [2.75, 3.05) is 26.0 Å². The minimum atomic E-state index is -0.159. The molecule has 6 heteroatoms. The van der Waals surface area contributed by atoms with E-state index in [1.807, 2.05) is 32.0 Å². The highest BCUT2D eigenvalue weighted by molar-refractivity contribution is 6.05. The van der Waals surface area contributed by atoms with E-state index in [1.165, 1.54) is 0 Å². The Kier molecular flexibility index (Phi) is 4.93. The zero-order valence-electron chi connectivity index (χ0n) is 15.7. The molecule has 136 valence electrons. The Labute approximate surface area is 153 Å². The fourth-order valence-corrected chi connectivity index (χ4v) is 3.28. The molecule has 0 fully saturated rings. The summed E-state index contributed by atoms with van der Waals surface area (Å²) in [5.74, 6) is -0.159. The molecule has 6 nitrogen and oxygen atoms in total.